The Kier molecular flexibility index (Phi) is 8.32. The molecule has 2 fully saturated rings. The summed E-state index contributed by atoms with van der Waals surface area (Å²) in [6.07, 6.45) is -3.61. The van der Waals surface area contributed by atoms with E-state index in [9.17, 15) is 24.0 Å². The Labute approximate surface area is 265 Å². The van der Waals surface area contributed by atoms with Crippen molar-refractivity contribution in [3.8, 4) is 11.5 Å². The van der Waals surface area contributed by atoms with Gasteiger partial charge in [0.2, 0.25) is 6.29 Å². The van der Waals surface area contributed by atoms with Gasteiger partial charge in [0.25, 0.3) is 0 Å². The predicted octanol–water partition coefficient (Wildman–Crippen LogP) is 1.14. The molecule has 0 aromatic heterocycles. The lowest BCUT2D eigenvalue weighted by molar-refractivity contribution is -0.313. The van der Waals surface area contributed by atoms with E-state index in [1.54, 1.807) is 6.07 Å². The van der Waals surface area contributed by atoms with Crippen molar-refractivity contribution in [2.75, 3.05) is 20.7 Å². The highest BCUT2D eigenvalue weighted by atomic mass is 16.7. The molecular formula is C32H37NO13. The smallest absolute Gasteiger partial charge is 0.339 e. The fourth-order valence-corrected chi connectivity index (χ4v) is 7.91. The molecule has 248 valence electrons. The Balaban J connectivity index is 1.42. The average molecular weight is 644 g/mol. The van der Waals surface area contributed by atoms with Gasteiger partial charge < -0.3 is 42.8 Å². The van der Waals surface area contributed by atoms with E-state index in [2.05, 4.69) is 18.0 Å². The molecule has 2 bridgehead atoms. The van der Waals surface area contributed by atoms with Gasteiger partial charge in [0.1, 0.15) is 12.2 Å². The topological polar surface area (TPSA) is 162 Å². The molecule has 5 aliphatic rings. The van der Waals surface area contributed by atoms with Crippen molar-refractivity contribution in [3.05, 3.63) is 35.4 Å². The molecule has 3 aliphatic heterocycles. The van der Waals surface area contributed by atoms with Crippen molar-refractivity contribution < 1.29 is 61.9 Å². The first-order valence-electron chi connectivity index (χ1n) is 15.2. The van der Waals surface area contributed by atoms with Gasteiger partial charge in [-0.05, 0) is 38.1 Å². The summed E-state index contributed by atoms with van der Waals surface area (Å²) >= 11 is 0. The van der Waals surface area contributed by atoms with Crippen LogP contribution >= 0.6 is 0 Å². The first kappa shape index (κ1) is 32.0. The number of methoxy groups -OCH3 is 1. The molecule has 0 amide bonds. The first-order chi connectivity index (χ1) is 21.8. The monoisotopic (exact) mass is 643 g/mol. The van der Waals surface area contributed by atoms with E-state index in [0.717, 1.165) is 52.0 Å². The number of hydrogen-bond acceptors (Lipinski definition) is 14. The minimum Gasteiger partial charge on any atom is -0.482 e. The van der Waals surface area contributed by atoms with Gasteiger partial charge >= 0.3 is 29.8 Å². The summed E-state index contributed by atoms with van der Waals surface area (Å²) in [5, 5.41) is 0. The number of likely N-dealkylation sites (tertiary alicyclic amines) is 1. The molecule has 1 spiro atoms. The lowest BCUT2D eigenvalue weighted by Gasteiger charge is -2.57. The van der Waals surface area contributed by atoms with Crippen LogP contribution in [0, 0.1) is 5.92 Å². The Morgan fingerprint density at radius 3 is 2.22 bits per heavy atom. The van der Waals surface area contributed by atoms with Crippen LogP contribution in [0.2, 0.25) is 0 Å². The van der Waals surface area contributed by atoms with Gasteiger partial charge in [0.05, 0.1) is 7.11 Å². The van der Waals surface area contributed by atoms with Crippen LogP contribution in [0.3, 0.4) is 0 Å². The molecule has 46 heavy (non-hydrogen) atoms. The van der Waals surface area contributed by atoms with Crippen molar-refractivity contribution >= 4 is 29.8 Å². The van der Waals surface area contributed by atoms with Crippen LogP contribution in [-0.4, -0.2) is 104 Å². The van der Waals surface area contributed by atoms with E-state index < -0.39 is 78.2 Å². The molecule has 0 N–H and O–H groups in total. The van der Waals surface area contributed by atoms with Crippen LogP contribution in [0.4, 0.5) is 0 Å². The zero-order valence-corrected chi connectivity index (χ0v) is 26.4. The van der Waals surface area contributed by atoms with E-state index in [4.69, 9.17) is 37.9 Å². The number of rotatable bonds is 7. The molecule has 1 aromatic carbocycles. The van der Waals surface area contributed by atoms with Crippen LogP contribution in [0.5, 0.6) is 11.5 Å². The van der Waals surface area contributed by atoms with Crippen molar-refractivity contribution in [2.45, 2.75) is 94.9 Å². The van der Waals surface area contributed by atoms with Gasteiger partial charge in [-0.3, -0.25) is 19.2 Å². The van der Waals surface area contributed by atoms with Crippen LogP contribution in [-0.2, 0) is 64.2 Å². The Bertz CT molecular complexity index is 1490. The van der Waals surface area contributed by atoms with Gasteiger partial charge in [-0.2, -0.15) is 0 Å². The molecule has 2 aliphatic carbocycles. The maximum Gasteiger partial charge on any atom is 0.339 e. The van der Waals surface area contributed by atoms with E-state index >= 15 is 0 Å². The summed E-state index contributed by atoms with van der Waals surface area (Å²) in [5.41, 5.74) is 1.51. The molecule has 14 nitrogen and oxygen atoms in total. The number of piperidine rings is 1. The number of esters is 5. The molecule has 0 radical (unpaired) electrons. The quantitative estimate of drug-likeness (QED) is 0.180. The van der Waals surface area contributed by atoms with E-state index in [1.807, 2.05) is 12.1 Å². The third-order valence-electron chi connectivity index (χ3n) is 9.49. The second-order valence-corrected chi connectivity index (χ2v) is 12.3. The standard InChI is InChI=1S/C32H37NO13/c1-14(34)40-21-9-7-18-13-20-19-8-10-22(29-32(19,11-12-33(20)5)23(18)24(21)45-29)44-31-28(43-17(4)37)26(42-16(3)36)25(41-15(2)35)27(46-31)30(38)39-6/h7-10,19-20,22,25-29,31H,11-13H2,1-6H3/t19-,20+,22-,25-,26-,27-,28+,29-,31+,32-/m0/s1. The van der Waals surface area contributed by atoms with Crippen LogP contribution in [0.25, 0.3) is 0 Å². The highest BCUT2D eigenvalue weighted by molar-refractivity contribution is 5.77. The van der Waals surface area contributed by atoms with Crippen molar-refractivity contribution in [1.82, 2.24) is 4.90 Å². The maximum atomic E-state index is 12.9. The second kappa shape index (κ2) is 12.0. The molecule has 2 saturated heterocycles. The number of likely N-dealkylation sites (N-methyl/N-ethyl adjacent to an activating group) is 1. The van der Waals surface area contributed by atoms with Gasteiger partial charge in [-0.25, -0.2) is 4.79 Å². The van der Waals surface area contributed by atoms with Crippen LogP contribution in [0.15, 0.2) is 24.3 Å². The SMILES string of the molecule is COC(=O)[C@H]1O[C@@H](O[C@H]2C=C[C@H]3[C@H]4Cc5ccc(OC(C)=O)c6c5[C@@]3(CCN4C)[C@H]2O6)[C@H](OC(C)=O)[C@@H](OC(C)=O)[C@@H]1OC(C)=O. The molecule has 0 unspecified atom stereocenters. The normalized spacial score (nSPS) is 35.2. The van der Waals surface area contributed by atoms with Gasteiger partial charge in [-0.1, -0.05) is 18.2 Å². The van der Waals surface area contributed by atoms with Gasteiger partial charge in [0, 0.05) is 50.6 Å². The number of ether oxygens (including phenoxy) is 8. The number of benzene rings is 1. The van der Waals surface area contributed by atoms with Gasteiger partial charge in [-0.15, -0.1) is 0 Å². The molecule has 3 heterocycles. The molecule has 0 saturated carbocycles. The summed E-state index contributed by atoms with van der Waals surface area (Å²) in [4.78, 5) is 64.0. The number of carbonyl (C=O) groups excluding carboxylic acids is 5. The molecular weight excluding hydrogens is 606 g/mol. The Morgan fingerprint density at radius 2 is 1.57 bits per heavy atom. The zero-order chi connectivity index (χ0) is 33.1. The fraction of sp³-hybridized carbons (Fsp3) is 0.594. The summed E-state index contributed by atoms with van der Waals surface area (Å²) in [7, 11) is 3.22. The number of nitrogens with zero attached hydrogens (tertiary/aromatic N) is 1. The van der Waals surface area contributed by atoms with Crippen molar-refractivity contribution in [1.29, 1.82) is 0 Å². The zero-order valence-electron chi connectivity index (χ0n) is 26.4. The summed E-state index contributed by atoms with van der Waals surface area (Å²) < 4.78 is 46.2. The third kappa shape index (κ3) is 5.21. The number of carbonyl (C=O) groups is 5. The Hall–Kier alpha value is -4.01. The average Bonchev–Trinajstić information content (AvgIpc) is 3.33. The molecule has 6 rings (SSSR count). The molecule has 1 aromatic rings. The number of hydrogen-bond donors (Lipinski definition) is 0. The van der Waals surface area contributed by atoms with Crippen molar-refractivity contribution in [3.63, 3.8) is 0 Å². The first-order valence-corrected chi connectivity index (χ1v) is 15.2. The van der Waals surface area contributed by atoms with Crippen LogP contribution < -0.4 is 9.47 Å². The van der Waals surface area contributed by atoms with E-state index in [-0.39, 0.29) is 12.0 Å². The lowest BCUT2D eigenvalue weighted by Crippen LogP contribution is -2.67. The predicted molar refractivity (Wildman–Crippen MR) is 153 cm³/mol. The molecule has 14 heteroatoms. The summed E-state index contributed by atoms with van der Waals surface area (Å²) in [6.45, 7) is 5.48. The third-order valence-corrected chi connectivity index (χ3v) is 9.49. The van der Waals surface area contributed by atoms with E-state index in [0.29, 0.717) is 17.9 Å². The Morgan fingerprint density at radius 1 is 0.891 bits per heavy atom. The van der Waals surface area contributed by atoms with Gasteiger partial charge in [0.15, 0.2) is 35.9 Å². The van der Waals surface area contributed by atoms with Crippen LogP contribution in [0.1, 0.15) is 45.2 Å². The fourth-order valence-electron chi connectivity index (χ4n) is 7.91. The minimum atomic E-state index is -1.60. The lowest BCUT2D eigenvalue weighted by atomic mass is 9.53. The minimum absolute atomic E-state index is 0.0407. The highest BCUT2D eigenvalue weighted by Gasteiger charge is 2.66. The second-order valence-electron chi connectivity index (χ2n) is 12.3. The summed E-state index contributed by atoms with van der Waals surface area (Å²) in [5.74, 6) is -2.94. The summed E-state index contributed by atoms with van der Waals surface area (Å²) in [6, 6.07) is 3.89. The molecule has 10 atom stereocenters. The maximum absolute atomic E-state index is 12.9. The highest BCUT2D eigenvalue weighted by Crippen LogP contribution is 2.63. The van der Waals surface area contributed by atoms with E-state index in [1.165, 1.54) is 6.92 Å². The van der Waals surface area contributed by atoms with Crippen molar-refractivity contribution in [2.24, 2.45) is 5.92 Å². The largest absolute Gasteiger partial charge is 0.482 e.